The highest BCUT2D eigenvalue weighted by Gasteiger charge is 2.37. The Morgan fingerprint density at radius 2 is 1.43 bits per heavy atom. The molecule has 6 nitrogen and oxygen atoms in total. The molecule has 2 aliphatic heterocycles. The first-order valence-corrected chi connectivity index (χ1v) is 13.0. The monoisotopic (exact) mass is 500 g/mol. The molecule has 5 rings (SSSR count). The minimum absolute atomic E-state index is 0.0784. The molecule has 0 radical (unpaired) electrons. The third-order valence-corrected chi connectivity index (χ3v) is 7.43. The second-order valence-corrected chi connectivity index (χ2v) is 9.85. The summed E-state index contributed by atoms with van der Waals surface area (Å²) in [4.78, 5) is 32.5. The van der Waals surface area contributed by atoms with Crippen LogP contribution in [0, 0.1) is 11.7 Å². The zero-order valence-electron chi connectivity index (χ0n) is 20.9. The van der Waals surface area contributed by atoms with Crippen LogP contribution in [0.3, 0.4) is 0 Å². The van der Waals surface area contributed by atoms with Gasteiger partial charge in [0.05, 0.1) is 11.6 Å². The number of carbonyl (C=O) groups is 2. The Morgan fingerprint density at radius 3 is 2.14 bits per heavy atom. The van der Waals surface area contributed by atoms with Crippen molar-refractivity contribution < 1.29 is 14.0 Å². The first-order valence-electron chi connectivity index (χ1n) is 13.0. The van der Waals surface area contributed by atoms with Crippen LogP contribution < -0.4 is 10.2 Å². The van der Waals surface area contributed by atoms with E-state index in [2.05, 4.69) is 17.4 Å². The van der Waals surface area contributed by atoms with Gasteiger partial charge >= 0.3 is 6.03 Å². The number of anilines is 1. The largest absolute Gasteiger partial charge is 0.366 e. The van der Waals surface area contributed by atoms with Crippen molar-refractivity contribution in [2.45, 2.75) is 18.9 Å². The maximum absolute atomic E-state index is 14.2. The number of likely N-dealkylation sites (tertiary alicyclic amines) is 1. The molecule has 1 N–H and O–H groups in total. The van der Waals surface area contributed by atoms with Crippen LogP contribution in [-0.4, -0.2) is 61.0 Å². The molecule has 37 heavy (non-hydrogen) atoms. The van der Waals surface area contributed by atoms with E-state index in [0.717, 1.165) is 11.1 Å². The van der Waals surface area contributed by atoms with Crippen LogP contribution >= 0.6 is 0 Å². The fraction of sp³-hybridized carbons (Fsp3) is 0.333. The number of urea groups is 1. The summed E-state index contributed by atoms with van der Waals surface area (Å²) in [5.41, 5.74) is 2.76. The second-order valence-electron chi connectivity index (χ2n) is 9.85. The van der Waals surface area contributed by atoms with Gasteiger partial charge in [0.15, 0.2) is 0 Å². The van der Waals surface area contributed by atoms with Crippen molar-refractivity contribution in [1.29, 1.82) is 0 Å². The summed E-state index contributed by atoms with van der Waals surface area (Å²) < 4.78 is 14.2. The summed E-state index contributed by atoms with van der Waals surface area (Å²) in [5, 5.41) is 3.03. The summed E-state index contributed by atoms with van der Waals surface area (Å²) >= 11 is 0. The van der Waals surface area contributed by atoms with E-state index in [4.69, 9.17) is 0 Å². The summed E-state index contributed by atoms with van der Waals surface area (Å²) in [6.07, 6.45) is 0.707. The first-order chi connectivity index (χ1) is 18.1. The van der Waals surface area contributed by atoms with E-state index in [9.17, 15) is 14.0 Å². The molecule has 0 aliphatic carbocycles. The SMILES string of the molecule is O=C(NCc1ccccc1)N1C[C@H](C(=O)N2CCN(c3ccccc3F)CC2)C[C@H](c2ccccc2)C1. The number of nitrogens with one attached hydrogen (secondary N) is 1. The van der Waals surface area contributed by atoms with Crippen molar-refractivity contribution in [2.24, 2.45) is 5.92 Å². The standard InChI is InChI=1S/C30H33FN4O2/c31-27-13-7-8-14-28(27)33-15-17-34(18-16-33)29(36)26-19-25(24-11-5-2-6-12-24)21-35(22-26)30(37)32-20-23-9-3-1-4-10-23/h1-14,25-26H,15-22H2,(H,32,37)/t25-,26+/m0/s1. The minimum atomic E-state index is -0.276. The van der Waals surface area contributed by atoms with Gasteiger partial charge in [0.2, 0.25) is 5.91 Å². The normalized spacial score (nSPS) is 20.0. The van der Waals surface area contributed by atoms with Crippen molar-refractivity contribution in [3.63, 3.8) is 0 Å². The van der Waals surface area contributed by atoms with Crippen LogP contribution in [-0.2, 0) is 11.3 Å². The highest BCUT2D eigenvalue weighted by molar-refractivity contribution is 5.81. The Hall–Kier alpha value is -3.87. The minimum Gasteiger partial charge on any atom is -0.366 e. The number of piperidine rings is 1. The number of halogens is 1. The molecule has 2 atom stereocenters. The van der Waals surface area contributed by atoms with E-state index < -0.39 is 0 Å². The van der Waals surface area contributed by atoms with Crippen LogP contribution in [0.5, 0.6) is 0 Å². The molecule has 3 aromatic carbocycles. The molecular formula is C30H33FN4O2. The van der Waals surface area contributed by atoms with Crippen LogP contribution in [0.25, 0.3) is 0 Å². The number of rotatable bonds is 5. The number of carbonyl (C=O) groups excluding carboxylic acids is 2. The van der Waals surface area contributed by atoms with Gasteiger partial charge in [0, 0.05) is 51.7 Å². The number of para-hydroxylation sites is 1. The van der Waals surface area contributed by atoms with E-state index in [1.807, 2.05) is 64.4 Å². The van der Waals surface area contributed by atoms with Gasteiger partial charge in [-0.05, 0) is 29.7 Å². The van der Waals surface area contributed by atoms with Gasteiger partial charge in [-0.2, -0.15) is 0 Å². The summed E-state index contributed by atoms with van der Waals surface area (Å²) in [6.45, 7) is 3.68. The topological polar surface area (TPSA) is 55.9 Å². The van der Waals surface area contributed by atoms with Gasteiger partial charge in [-0.25, -0.2) is 9.18 Å². The Balaban J connectivity index is 1.26. The molecule has 0 spiro atoms. The highest BCUT2D eigenvalue weighted by atomic mass is 19.1. The predicted octanol–water partition coefficient (Wildman–Crippen LogP) is 4.49. The zero-order valence-corrected chi connectivity index (χ0v) is 20.9. The van der Waals surface area contributed by atoms with E-state index in [1.165, 1.54) is 6.07 Å². The third-order valence-electron chi connectivity index (χ3n) is 7.43. The lowest BCUT2D eigenvalue weighted by Crippen LogP contribution is -2.55. The molecule has 2 saturated heterocycles. The van der Waals surface area contributed by atoms with Crippen LogP contribution in [0.2, 0.25) is 0 Å². The number of nitrogens with zero attached hydrogens (tertiary/aromatic N) is 3. The lowest BCUT2D eigenvalue weighted by molar-refractivity contribution is -0.137. The lowest BCUT2D eigenvalue weighted by Gasteiger charge is -2.41. The maximum Gasteiger partial charge on any atom is 0.317 e. The Labute approximate surface area is 217 Å². The molecule has 7 heteroatoms. The summed E-state index contributed by atoms with van der Waals surface area (Å²) in [6, 6.07) is 26.6. The van der Waals surface area contributed by atoms with Crippen molar-refractivity contribution >= 4 is 17.6 Å². The molecule has 0 saturated carbocycles. The van der Waals surface area contributed by atoms with Gasteiger partial charge in [0.25, 0.3) is 0 Å². The van der Waals surface area contributed by atoms with Crippen molar-refractivity contribution in [2.75, 3.05) is 44.2 Å². The van der Waals surface area contributed by atoms with Gasteiger partial charge < -0.3 is 20.0 Å². The van der Waals surface area contributed by atoms with Crippen molar-refractivity contribution in [1.82, 2.24) is 15.1 Å². The van der Waals surface area contributed by atoms with Gasteiger partial charge in [-0.1, -0.05) is 72.8 Å². The van der Waals surface area contributed by atoms with Crippen LogP contribution in [0.15, 0.2) is 84.9 Å². The van der Waals surface area contributed by atoms with E-state index in [1.54, 1.807) is 17.0 Å². The molecule has 3 amide bonds. The van der Waals surface area contributed by atoms with Crippen LogP contribution in [0.4, 0.5) is 14.9 Å². The molecule has 2 heterocycles. The smallest absolute Gasteiger partial charge is 0.317 e. The Kier molecular flexibility index (Phi) is 7.68. The van der Waals surface area contributed by atoms with Gasteiger partial charge in [0.1, 0.15) is 5.82 Å². The van der Waals surface area contributed by atoms with Gasteiger partial charge in [-0.3, -0.25) is 4.79 Å². The molecule has 0 aromatic heterocycles. The summed E-state index contributed by atoms with van der Waals surface area (Å²) in [5.74, 6) is -0.348. The van der Waals surface area contributed by atoms with Crippen molar-refractivity contribution in [3.05, 3.63) is 102 Å². The maximum atomic E-state index is 14.2. The molecule has 2 fully saturated rings. The number of amides is 3. The van der Waals surface area contributed by atoms with Crippen LogP contribution in [0.1, 0.15) is 23.5 Å². The third kappa shape index (κ3) is 5.93. The number of benzene rings is 3. The molecular weight excluding hydrogens is 467 g/mol. The number of hydrogen-bond acceptors (Lipinski definition) is 3. The fourth-order valence-corrected chi connectivity index (χ4v) is 5.43. The average molecular weight is 501 g/mol. The molecule has 0 bridgehead atoms. The lowest BCUT2D eigenvalue weighted by atomic mass is 9.84. The van der Waals surface area contributed by atoms with Crippen molar-refractivity contribution in [3.8, 4) is 0 Å². The van der Waals surface area contributed by atoms with E-state index >= 15 is 0 Å². The zero-order chi connectivity index (χ0) is 25.6. The fourth-order valence-electron chi connectivity index (χ4n) is 5.43. The first kappa shape index (κ1) is 24.8. The van der Waals surface area contributed by atoms with E-state index in [0.29, 0.717) is 57.9 Å². The highest BCUT2D eigenvalue weighted by Crippen LogP contribution is 2.32. The molecule has 192 valence electrons. The summed E-state index contributed by atoms with van der Waals surface area (Å²) in [7, 11) is 0. The van der Waals surface area contributed by atoms with E-state index in [-0.39, 0.29) is 29.6 Å². The predicted molar refractivity (Wildman–Crippen MR) is 143 cm³/mol. The molecule has 0 unspecified atom stereocenters. The Morgan fingerprint density at radius 1 is 0.784 bits per heavy atom. The Bertz CT molecular complexity index is 1200. The molecule has 3 aromatic rings. The molecule has 2 aliphatic rings. The van der Waals surface area contributed by atoms with Gasteiger partial charge in [-0.15, -0.1) is 0 Å². The second kappa shape index (κ2) is 11.5. The average Bonchev–Trinajstić information content (AvgIpc) is 2.96. The number of hydrogen-bond donors (Lipinski definition) is 1. The number of piperazine rings is 1. The quantitative estimate of drug-likeness (QED) is 0.562.